The van der Waals surface area contributed by atoms with Crippen LogP contribution in [0.15, 0.2) is 16.6 Å². The van der Waals surface area contributed by atoms with E-state index in [9.17, 15) is 0 Å². The Morgan fingerprint density at radius 3 is 2.33 bits per heavy atom. The first-order valence-electron chi connectivity index (χ1n) is 7.46. The third-order valence-corrected chi connectivity index (χ3v) is 4.93. The second-order valence-electron chi connectivity index (χ2n) is 8.25. The van der Waals surface area contributed by atoms with Gasteiger partial charge in [-0.3, -0.25) is 0 Å². The molecule has 0 unspecified atom stereocenters. The van der Waals surface area contributed by atoms with Crippen LogP contribution >= 0.6 is 15.9 Å². The summed E-state index contributed by atoms with van der Waals surface area (Å²) in [5, 5.41) is 0. The fourth-order valence-corrected chi connectivity index (χ4v) is 3.99. The van der Waals surface area contributed by atoms with E-state index in [4.69, 9.17) is 4.74 Å². The van der Waals surface area contributed by atoms with Gasteiger partial charge in [0.2, 0.25) is 0 Å². The summed E-state index contributed by atoms with van der Waals surface area (Å²) in [6, 6.07) is 4.27. The highest BCUT2D eigenvalue weighted by Crippen LogP contribution is 2.47. The molecule has 0 bridgehead atoms. The zero-order chi connectivity index (χ0) is 16.1. The molecule has 0 radical (unpaired) electrons. The molecule has 0 amide bonds. The Kier molecular flexibility index (Phi) is 4.10. The topological polar surface area (TPSA) is 9.23 Å². The van der Waals surface area contributed by atoms with Crippen molar-refractivity contribution in [2.45, 2.75) is 64.8 Å². The maximum atomic E-state index is 6.30. The zero-order valence-electron chi connectivity index (χ0n) is 14.1. The number of ether oxygens (including phenoxy) is 1. The summed E-state index contributed by atoms with van der Waals surface area (Å²) in [6.07, 6.45) is 1.00. The summed E-state index contributed by atoms with van der Waals surface area (Å²) in [5.41, 5.74) is 5.68. The highest BCUT2D eigenvalue weighted by Gasteiger charge is 2.40. The van der Waals surface area contributed by atoms with Crippen molar-refractivity contribution >= 4 is 24.0 Å². The lowest BCUT2D eigenvalue weighted by atomic mass is 9.73. The van der Waals surface area contributed by atoms with Crippen LogP contribution in [0.3, 0.4) is 0 Å². The molecule has 1 aromatic carbocycles. The van der Waals surface area contributed by atoms with Crippen molar-refractivity contribution in [1.29, 1.82) is 0 Å². The van der Waals surface area contributed by atoms with Gasteiger partial charge in [-0.05, 0) is 37.8 Å². The first kappa shape index (κ1) is 16.6. The molecule has 0 saturated heterocycles. The Balaban J connectivity index is 2.64. The van der Waals surface area contributed by atoms with Gasteiger partial charge in [-0.15, -0.1) is 5.54 Å². The number of hydrogen-bond donors (Lipinski definition) is 0. The third-order valence-electron chi connectivity index (χ3n) is 3.60. The maximum Gasteiger partial charge on any atom is 0.139 e. The molecule has 1 aliphatic rings. The van der Waals surface area contributed by atoms with E-state index in [1.54, 1.807) is 0 Å². The van der Waals surface area contributed by atoms with Gasteiger partial charge in [-0.2, -0.15) is 0 Å². The molecule has 0 aromatic heterocycles. The number of hydrogen-bond acceptors (Lipinski definition) is 1. The van der Waals surface area contributed by atoms with Crippen molar-refractivity contribution in [3.05, 3.63) is 27.7 Å². The highest BCUT2D eigenvalue weighted by molar-refractivity contribution is 9.10. The molecular weight excluding hydrogens is 340 g/mol. The van der Waals surface area contributed by atoms with E-state index in [0.717, 1.165) is 22.2 Å². The average Bonchev–Trinajstić information content (AvgIpc) is 2.24. The standard InChI is InChI=1S/C18H25BrOSi/c1-17(2)12-18(3,4)20-16-13(8-9-21(5,6)7)10-14(19)11-15(16)17/h10-11H,12H2,1-7H3. The summed E-state index contributed by atoms with van der Waals surface area (Å²) < 4.78 is 7.38. The van der Waals surface area contributed by atoms with Gasteiger partial charge in [0, 0.05) is 10.0 Å². The average molecular weight is 365 g/mol. The third kappa shape index (κ3) is 3.93. The summed E-state index contributed by atoms with van der Waals surface area (Å²) >= 11 is 3.63. The molecule has 0 aliphatic carbocycles. The number of halogens is 1. The molecule has 0 fully saturated rings. The van der Waals surface area contributed by atoms with Gasteiger partial charge in [0.25, 0.3) is 0 Å². The molecule has 0 atom stereocenters. The number of fused-ring (bicyclic) bond motifs is 1. The summed E-state index contributed by atoms with van der Waals surface area (Å²) in [5.74, 6) is 4.36. The Morgan fingerprint density at radius 1 is 1.14 bits per heavy atom. The van der Waals surface area contributed by atoms with E-state index in [1.807, 2.05) is 0 Å². The second-order valence-corrected chi connectivity index (χ2v) is 13.9. The summed E-state index contributed by atoms with van der Waals surface area (Å²) in [6.45, 7) is 15.7. The molecule has 2 rings (SSSR count). The fraction of sp³-hybridized carbons (Fsp3) is 0.556. The van der Waals surface area contributed by atoms with Crippen LogP contribution in [0.25, 0.3) is 0 Å². The molecule has 1 aromatic rings. The van der Waals surface area contributed by atoms with Crippen molar-refractivity contribution in [2.24, 2.45) is 0 Å². The van der Waals surface area contributed by atoms with Crippen LogP contribution in [0, 0.1) is 11.5 Å². The fourth-order valence-electron chi connectivity index (χ4n) is 3.03. The molecule has 1 heterocycles. The van der Waals surface area contributed by atoms with Gasteiger partial charge in [-0.1, -0.05) is 55.3 Å². The SMILES string of the molecule is CC1(C)CC(C)(C)c2cc(Br)cc(C#C[Si](C)(C)C)c2O1. The largest absolute Gasteiger partial charge is 0.486 e. The van der Waals surface area contributed by atoms with Crippen LogP contribution in [0.5, 0.6) is 5.75 Å². The molecule has 0 spiro atoms. The van der Waals surface area contributed by atoms with Gasteiger partial charge < -0.3 is 4.74 Å². The predicted octanol–water partition coefficient (Wildman–Crippen LogP) is 5.52. The van der Waals surface area contributed by atoms with E-state index >= 15 is 0 Å². The van der Waals surface area contributed by atoms with Gasteiger partial charge in [-0.25, -0.2) is 0 Å². The van der Waals surface area contributed by atoms with Crippen LogP contribution in [-0.2, 0) is 5.41 Å². The van der Waals surface area contributed by atoms with E-state index in [2.05, 4.69) is 86.9 Å². The normalized spacial score (nSPS) is 19.0. The Morgan fingerprint density at radius 2 is 1.76 bits per heavy atom. The first-order valence-corrected chi connectivity index (χ1v) is 11.8. The van der Waals surface area contributed by atoms with Crippen molar-refractivity contribution < 1.29 is 4.74 Å². The Labute approximate surface area is 138 Å². The molecular formula is C18H25BrOSi. The monoisotopic (exact) mass is 364 g/mol. The molecule has 114 valence electrons. The van der Waals surface area contributed by atoms with Crippen molar-refractivity contribution in [3.63, 3.8) is 0 Å². The van der Waals surface area contributed by atoms with Crippen LogP contribution < -0.4 is 4.74 Å². The lowest BCUT2D eigenvalue weighted by Gasteiger charge is -2.43. The summed E-state index contributed by atoms with van der Waals surface area (Å²) in [7, 11) is -1.41. The highest BCUT2D eigenvalue weighted by atomic mass is 79.9. The summed E-state index contributed by atoms with van der Waals surface area (Å²) in [4.78, 5) is 0. The van der Waals surface area contributed by atoms with Crippen molar-refractivity contribution in [2.75, 3.05) is 0 Å². The quantitative estimate of drug-likeness (QED) is 0.435. The minimum atomic E-state index is -1.41. The smallest absolute Gasteiger partial charge is 0.139 e. The minimum absolute atomic E-state index is 0.0937. The van der Waals surface area contributed by atoms with E-state index < -0.39 is 8.07 Å². The second kappa shape index (κ2) is 5.17. The maximum absolute atomic E-state index is 6.30. The first-order chi connectivity index (χ1) is 9.40. The van der Waals surface area contributed by atoms with Gasteiger partial charge in [0.05, 0.1) is 5.56 Å². The van der Waals surface area contributed by atoms with Crippen molar-refractivity contribution in [1.82, 2.24) is 0 Å². The van der Waals surface area contributed by atoms with E-state index in [1.165, 1.54) is 5.56 Å². The van der Waals surface area contributed by atoms with Gasteiger partial charge in [0.1, 0.15) is 19.4 Å². The molecule has 1 aliphatic heterocycles. The predicted molar refractivity (Wildman–Crippen MR) is 96.7 cm³/mol. The lowest BCUT2D eigenvalue weighted by molar-refractivity contribution is 0.0530. The molecule has 3 heteroatoms. The van der Waals surface area contributed by atoms with Crippen LogP contribution in [0.4, 0.5) is 0 Å². The lowest BCUT2D eigenvalue weighted by Crippen LogP contribution is -2.41. The Bertz CT molecular complexity index is 627. The van der Waals surface area contributed by atoms with Gasteiger partial charge >= 0.3 is 0 Å². The van der Waals surface area contributed by atoms with Crippen LogP contribution in [0.2, 0.25) is 19.6 Å². The van der Waals surface area contributed by atoms with E-state index in [0.29, 0.717) is 0 Å². The molecule has 0 saturated carbocycles. The van der Waals surface area contributed by atoms with Gasteiger partial charge in [0.15, 0.2) is 0 Å². The zero-order valence-corrected chi connectivity index (χ0v) is 16.7. The minimum Gasteiger partial charge on any atom is -0.486 e. The molecule has 0 N–H and O–H groups in total. The Hall–Kier alpha value is -0.723. The molecule has 21 heavy (non-hydrogen) atoms. The van der Waals surface area contributed by atoms with Crippen LogP contribution in [0.1, 0.15) is 45.2 Å². The van der Waals surface area contributed by atoms with Crippen LogP contribution in [-0.4, -0.2) is 13.7 Å². The number of rotatable bonds is 0. The van der Waals surface area contributed by atoms with Crippen molar-refractivity contribution in [3.8, 4) is 17.2 Å². The number of benzene rings is 1. The molecule has 1 nitrogen and oxygen atoms in total. The van der Waals surface area contributed by atoms with E-state index in [-0.39, 0.29) is 11.0 Å².